The average molecular weight is 372 g/mol. The molecule has 25 heavy (non-hydrogen) atoms. The number of nitrogens with zero attached hydrogens (tertiary/aromatic N) is 2. The Morgan fingerprint density at radius 1 is 1.36 bits per heavy atom. The number of ether oxygens (including phenoxy) is 1. The van der Waals surface area contributed by atoms with Crippen LogP contribution in [-0.4, -0.2) is 35.2 Å². The summed E-state index contributed by atoms with van der Waals surface area (Å²) < 4.78 is 40.6. The third kappa shape index (κ3) is 4.40. The van der Waals surface area contributed by atoms with Crippen molar-refractivity contribution >= 4 is 22.4 Å². The van der Waals surface area contributed by atoms with Crippen LogP contribution in [0.15, 0.2) is 30.5 Å². The number of nitrogens with one attached hydrogen (secondary N) is 1. The zero-order valence-corrected chi connectivity index (χ0v) is 13.7. The van der Waals surface area contributed by atoms with Gasteiger partial charge in [-0.1, -0.05) is 12.1 Å². The molecule has 1 atom stereocenters. The second-order valence-electron chi connectivity index (χ2n) is 5.45. The Morgan fingerprint density at radius 3 is 2.68 bits per heavy atom. The number of amides is 1. The van der Waals surface area contributed by atoms with Crippen LogP contribution >= 0.6 is 11.3 Å². The number of benzene rings is 1. The molecule has 1 aliphatic heterocycles. The van der Waals surface area contributed by atoms with Gasteiger partial charge >= 0.3 is 6.36 Å². The minimum atomic E-state index is -4.75. The molecule has 1 saturated heterocycles. The van der Waals surface area contributed by atoms with Gasteiger partial charge in [0.25, 0.3) is 0 Å². The predicted molar refractivity (Wildman–Crippen MR) is 85.8 cm³/mol. The molecule has 3 N–H and O–H groups in total. The smallest absolute Gasteiger partial charge is 0.406 e. The van der Waals surface area contributed by atoms with Crippen molar-refractivity contribution in [3.63, 3.8) is 0 Å². The highest BCUT2D eigenvalue weighted by Gasteiger charge is 2.33. The van der Waals surface area contributed by atoms with Gasteiger partial charge in [0.05, 0.1) is 0 Å². The van der Waals surface area contributed by atoms with E-state index in [9.17, 15) is 18.0 Å². The molecule has 1 amide bonds. The molecular formula is C15H15F3N4O2S. The van der Waals surface area contributed by atoms with Crippen LogP contribution < -0.4 is 15.8 Å². The average Bonchev–Trinajstić information content (AvgIpc) is 2.92. The molecule has 10 heteroatoms. The highest BCUT2D eigenvalue weighted by molar-refractivity contribution is 7.15. The van der Waals surface area contributed by atoms with Gasteiger partial charge in [0.2, 0.25) is 5.91 Å². The number of carbonyl (C=O) groups is 1. The Kier molecular flexibility index (Phi) is 4.82. The van der Waals surface area contributed by atoms with E-state index in [-0.39, 0.29) is 11.7 Å². The van der Waals surface area contributed by atoms with Gasteiger partial charge in [-0.3, -0.25) is 9.69 Å². The van der Waals surface area contributed by atoms with Crippen molar-refractivity contribution in [2.45, 2.75) is 18.9 Å². The van der Waals surface area contributed by atoms with Crippen molar-refractivity contribution < 1.29 is 22.7 Å². The standard InChI is InChI=1S/C15H15F3N4O2S/c16-15(17,18)24-10-3-1-9(2-4-10)12-13(23)20-5-6-22(12)8-11-7-21-14(19)25-11/h1-4,7,12H,5-6,8H2,(H2,19,21)(H,20,23). The largest absolute Gasteiger partial charge is 0.573 e. The summed E-state index contributed by atoms with van der Waals surface area (Å²) in [4.78, 5) is 19.2. The molecule has 6 nitrogen and oxygen atoms in total. The van der Waals surface area contributed by atoms with E-state index in [2.05, 4.69) is 15.0 Å². The van der Waals surface area contributed by atoms with Crippen LogP contribution in [0, 0.1) is 0 Å². The van der Waals surface area contributed by atoms with Gasteiger partial charge in [-0.05, 0) is 17.7 Å². The molecule has 0 radical (unpaired) electrons. The summed E-state index contributed by atoms with van der Waals surface area (Å²) in [6, 6.07) is 4.73. The van der Waals surface area contributed by atoms with Crippen LogP contribution in [0.2, 0.25) is 0 Å². The number of alkyl halides is 3. The van der Waals surface area contributed by atoms with Crippen LogP contribution in [0.3, 0.4) is 0 Å². The number of nitrogen functional groups attached to an aromatic ring is 1. The Labute approximate surface area is 145 Å². The fourth-order valence-corrected chi connectivity index (χ4v) is 3.40. The minimum absolute atomic E-state index is 0.201. The number of anilines is 1. The number of hydrogen-bond acceptors (Lipinski definition) is 6. The SMILES string of the molecule is Nc1ncc(CN2CCNC(=O)C2c2ccc(OC(F)(F)F)cc2)s1. The lowest BCUT2D eigenvalue weighted by Gasteiger charge is -2.34. The monoisotopic (exact) mass is 372 g/mol. The van der Waals surface area contributed by atoms with Gasteiger partial charge < -0.3 is 15.8 Å². The molecule has 1 fully saturated rings. The molecule has 1 aliphatic rings. The fraction of sp³-hybridized carbons (Fsp3) is 0.333. The quantitative estimate of drug-likeness (QED) is 0.861. The molecule has 1 unspecified atom stereocenters. The maximum atomic E-state index is 12.3. The first-order chi connectivity index (χ1) is 11.8. The van der Waals surface area contributed by atoms with Crippen molar-refractivity contribution in [3.8, 4) is 5.75 Å². The lowest BCUT2D eigenvalue weighted by molar-refractivity contribution is -0.274. The van der Waals surface area contributed by atoms with E-state index >= 15 is 0 Å². The van der Waals surface area contributed by atoms with Crippen LogP contribution in [-0.2, 0) is 11.3 Å². The van der Waals surface area contributed by atoms with Gasteiger partial charge in [0, 0.05) is 30.7 Å². The van der Waals surface area contributed by atoms with E-state index in [4.69, 9.17) is 5.73 Å². The summed E-state index contributed by atoms with van der Waals surface area (Å²) >= 11 is 1.34. The van der Waals surface area contributed by atoms with E-state index in [1.165, 1.54) is 35.6 Å². The number of thiazole rings is 1. The van der Waals surface area contributed by atoms with E-state index in [1.54, 1.807) is 6.20 Å². The fourth-order valence-electron chi connectivity index (χ4n) is 2.69. The second kappa shape index (κ2) is 6.89. The van der Waals surface area contributed by atoms with Gasteiger partial charge in [-0.25, -0.2) is 4.98 Å². The Morgan fingerprint density at radius 2 is 2.08 bits per heavy atom. The van der Waals surface area contributed by atoms with Crippen molar-refractivity contribution in [1.82, 2.24) is 15.2 Å². The summed E-state index contributed by atoms with van der Waals surface area (Å²) in [5.74, 6) is -0.525. The summed E-state index contributed by atoms with van der Waals surface area (Å²) in [7, 11) is 0. The number of hydrogen-bond donors (Lipinski definition) is 2. The molecule has 2 aromatic rings. The van der Waals surface area contributed by atoms with Crippen molar-refractivity contribution in [3.05, 3.63) is 40.9 Å². The summed E-state index contributed by atoms with van der Waals surface area (Å²) in [5.41, 5.74) is 6.21. The lowest BCUT2D eigenvalue weighted by Crippen LogP contribution is -2.49. The third-order valence-electron chi connectivity index (χ3n) is 3.67. The van der Waals surface area contributed by atoms with Crippen molar-refractivity contribution in [1.29, 1.82) is 0 Å². The van der Waals surface area contributed by atoms with E-state index in [1.807, 2.05) is 4.90 Å². The van der Waals surface area contributed by atoms with E-state index < -0.39 is 12.4 Å². The first-order valence-corrected chi connectivity index (χ1v) is 8.21. The molecular weight excluding hydrogens is 357 g/mol. The number of halogens is 3. The third-order valence-corrected chi connectivity index (χ3v) is 4.48. The van der Waals surface area contributed by atoms with Crippen molar-refractivity contribution in [2.24, 2.45) is 0 Å². The summed E-state index contributed by atoms with van der Waals surface area (Å²) in [6.45, 7) is 1.58. The summed E-state index contributed by atoms with van der Waals surface area (Å²) in [6.07, 6.45) is -3.09. The molecule has 0 saturated carbocycles. The minimum Gasteiger partial charge on any atom is -0.406 e. The van der Waals surface area contributed by atoms with Gasteiger partial charge in [-0.15, -0.1) is 24.5 Å². The molecule has 1 aromatic carbocycles. The topological polar surface area (TPSA) is 80.5 Å². The van der Waals surface area contributed by atoms with Gasteiger partial charge in [0.1, 0.15) is 11.8 Å². The van der Waals surface area contributed by atoms with Crippen LogP contribution in [0.1, 0.15) is 16.5 Å². The number of aromatic nitrogens is 1. The maximum absolute atomic E-state index is 12.3. The normalized spacial score (nSPS) is 18.8. The number of nitrogens with two attached hydrogens (primary N) is 1. The highest BCUT2D eigenvalue weighted by Crippen LogP contribution is 2.29. The predicted octanol–water partition coefficient (Wildman–Crippen LogP) is 2.30. The zero-order chi connectivity index (χ0) is 18.0. The second-order valence-corrected chi connectivity index (χ2v) is 6.59. The number of carbonyl (C=O) groups excluding carboxylic acids is 1. The molecule has 0 aliphatic carbocycles. The maximum Gasteiger partial charge on any atom is 0.573 e. The Hall–Kier alpha value is -2.33. The van der Waals surface area contributed by atoms with E-state index in [0.29, 0.717) is 30.3 Å². The van der Waals surface area contributed by atoms with E-state index in [0.717, 1.165) is 4.88 Å². The van der Waals surface area contributed by atoms with Crippen LogP contribution in [0.5, 0.6) is 5.75 Å². The first kappa shape index (κ1) is 17.5. The molecule has 2 heterocycles. The molecule has 0 spiro atoms. The Balaban J connectivity index is 1.79. The van der Waals surface area contributed by atoms with Crippen LogP contribution in [0.25, 0.3) is 0 Å². The molecule has 1 aromatic heterocycles. The lowest BCUT2D eigenvalue weighted by atomic mass is 10.0. The summed E-state index contributed by atoms with van der Waals surface area (Å²) in [5, 5.41) is 3.22. The van der Waals surface area contributed by atoms with Crippen LogP contribution in [0.4, 0.5) is 18.3 Å². The molecule has 134 valence electrons. The van der Waals surface area contributed by atoms with Crippen molar-refractivity contribution in [2.75, 3.05) is 18.8 Å². The number of piperazine rings is 1. The molecule has 0 bridgehead atoms. The zero-order valence-electron chi connectivity index (χ0n) is 12.9. The first-order valence-electron chi connectivity index (χ1n) is 7.39. The Bertz CT molecular complexity index is 748. The highest BCUT2D eigenvalue weighted by atomic mass is 32.1. The van der Waals surface area contributed by atoms with Gasteiger partial charge in [-0.2, -0.15) is 0 Å². The molecule has 3 rings (SSSR count). The van der Waals surface area contributed by atoms with Gasteiger partial charge in [0.15, 0.2) is 5.13 Å². The number of rotatable bonds is 4.